The number of halogens is 3. The summed E-state index contributed by atoms with van der Waals surface area (Å²) < 4.78 is 46.7. The van der Waals surface area contributed by atoms with E-state index in [2.05, 4.69) is 25.6 Å². The van der Waals surface area contributed by atoms with Crippen LogP contribution in [0.3, 0.4) is 0 Å². The summed E-state index contributed by atoms with van der Waals surface area (Å²) in [6.07, 6.45) is -4.66. The number of alkyl halides is 3. The topological polar surface area (TPSA) is 82.2 Å². The van der Waals surface area contributed by atoms with Crippen molar-refractivity contribution in [1.82, 2.24) is 25.0 Å². The molecule has 1 aliphatic heterocycles. The number of fused-ring (bicyclic) bond motifs is 1. The van der Waals surface area contributed by atoms with Gasteiger partial charge in [0.05, 0.1) is 32.8 Å². The van der Waals surface area contributed by atoms with Crippen molar-refractivity contribution >= 4 is 17.0 Å². The third-order valence-corrected chi connectivity index (χ3v) is 4.76. The van der Waals surface area contributed by atoms with E-state index in [1.165, 1.54) is 9.58 Å². The summed E-state index contributed by atoms with van der Waals surface area (Å²) in [5.74, 6) is -1.16. The Kier molecular flexibility index (Phi) is 5.58. The lowest BCUT2D eigenvalue weighted by molar-refractivity contribution is -0.906. The number of hydrogen-bond acceptors (Lipinski definition) is 6. The van der Waals surface area contributed by atoms with Crippen LogP contribution in [0.15, 0.2) is 30.3 Å². The van der Waals surface area contributed by atoms with Gasteiger partial charge in [-0.1, -0.05) is 35.5 Å². The first-order chi connectivity index (χ1) is 14.0. The molecular formula is C18H21F3N7O+. The fourth-order valence-corrected chi connectivity index (χ4v) is 3.24. The monoisotopic (exact) mass is 408 g/mol. The Hall–Kier alpha value is -2.79. The maximum absolute atomic E-state index is 13.4. The molecule has 1 aliphatic rings. The summed E-state index contributed by atoms with van der Waals surface area (Å²) in [5, 5.41) is 11.0. The second-order valence-electron chi connectivity index (χ2n) is 6.84. The summed E-state index contributed by atoms with van der Waals surface area (Å²) in [6, 6.07) is 9.30. The molecule has 11 heteroatoms. The van der Waals surface area contributed by atoms with E-state index in [0.29, 0.717) is 19.8 Å². The standard InChI is InChI=1S/C18H20F3N7O/c19-18(20,21)17-23-15(22-6-7-27-8-10-29-11-9-27)14-16(24-17)28(26-25-14)12-13-4-2-1-3-5-13/h1-5H,6-12H2,(H,22,23,24)/p+1. The van der Waals surface area contributed by atoms with E-state index < -0.39 is 12.0 Å². The van der Waals surface area contributed by atoms with Gasteiger partial charge in [-0.2, -0.15) is 13.2 Å². The largest absolute Gasteiger partial charge is 0.451 e. The van der Waals surface area contributed by atoms with Gasteiger partial charge in [0.1, 0.15) is 13.1 Å². The molecule has 0 amide bonds. The van der Waals surface area contributed by atoms with Crippen LogP contribution in [0.2, 0.25) is 0 Å². The van der Waals surface area contributed by atoms with E-state index in [-0.39, 0.29) is 23.5 Å². The maximum atomic E-state index is 13.4. The average molecular weight is 408 g/mol. The number of nitrogens with zero attached hydrogens (tertiary/aromatic N) is 5. The molecule has 2 aromatic heterocycles. The highest BCUT2D eigenvalue weighted by atomic mass is 19.4. The van der Waals surface area contributed by atoms with E-state index in [1.807, 2.05) is 30.3 Å². The van der Waals surface area contributed by atoms with Crippen LogP contribution >= 0.6 is 0 Å². The minimum absolute atomic E-state index is 0.0503. The molecule has 29 heavy (non-hydrogen) atoms. The predicted molar refractivity (Wildman–Crippen MR) is 98.5 cm³/mol. The average Bonchev–Trinajstić information content (AvgIpc) is 3.12. The van der Waals surface area contributed by atoms with Gasteiger partial charge in [0.2, 0.25) is 5.82 Å². The minimum atomic E-state index is -4.66. The Balaban J connectivity index is 1.60. The van der Waals surface area contributed by atoms with Crippen molar-refractivity contribution in [2.24, 2.45) is 0 Å². The number of hydrogen-bond donors (Lipinski definition) is 2. The molecule has 0 atom stereocenters. The number of benzene rings is 1. The number of morpholine rings is 1. The SMILES string of the molecule is FC(F)(F)c1nc(NCC[NH+]2CCOCC2)c2nnn(Cc3ccccc3)c2n1. The first-order valence-electron chi connectivity index (χ1n) is 9.38. The van der Waals surface area contributed by atoms with Gasteiger partial charge in [0.25, 0.3) is 0 Å². The van der Waals surface area contributed by atoms with Crippen molar-refractivity contribution < 1.29 is 22.8 Å². The van der Waals surface area contributed by atoms with Gasteiger partial charge in [0, 0.05) is 0 Å². The zero-order valence-electron chi connectivity index (χ0n) is 15.6. The van der Waals surface area contributed by atoms with Gasteiger partial charge in [-0.15, -0.1) is 5.10 Å². The number of anilines is 1. The summed E-state index contributed by atoms with van der Waals surface area (Å²) >= 11 is 0. The van der Waals surface area contributed by atoms with Crippen LogP contribution in [0.4, 0.5) is 19.0 Å². The molecule has 4 rings (SSSR count). The predicted octanol–water partition coefficient (Wildman–Crippen LogP) is 0.615. The zero-order valence-corrected chi connectivity index (χ0v) is 15.6. The smallest absolute Gasteiger partial charge is 0.370 e. The normalized spacial score (nSPS) is 15.7. The third-order valence-electron chi connectivity index (χ3n) is 4.76. The highest BCUT2D eigenvalue weighted by molar-refractivity contribution is 5.82. The van der Waals surface area contributed by atoms with Crippen molar-refractivity contribution in [3.63, 3.8) is 0 Å². The summed E-state index contributed by atoms with van der Waals surface area (Å²) in [5.41, 5.74) is 1.17. The van der Waals surface area contributed by atoms with Crippen LogP contribution in [0, 0.1) is 0 Å². The Labute approximate surface area is 164 Å². The fourth-order valence-electron chi connectivity index (χ4n) is 3.24. The number of aromatic nitrogens is 5. The lowest BCUT2D eigenvalue weighted by Crippen LogP contribution is -3.14. The van der Waals surface area contributed by atoms with Crippen LogP contribution in [0.1, 0.15) is 11.4 Å². The van der Waals surface area contributed by atoms with Crippen LogP contribution < -0.4 is 10.2 Å². The Bertz CT molecular complexity index is 955. The molecule has 3 heterocycles. The molecule has 0 bridgehead atoms. The summed E-state index contributed by atoms with van der Waals surface area (Å²) in [7, 11) is 0. The first kappa shape index (κ1) is 19.5. The minimum Gasteiger partial charge on any atom is -0.370 e. The lowest BCUT2D eigenvalue weighted by atomic mass is 10.2. The number of quaternary nitrogens is 1. The van der Waals surface area contributed by atoms with E-state index in [9.17, 15) is 13.2 Å². The van der Waals surface area contributed by atoms with E-state index in [1.54, 1.807) is 0 Å². The van der Waals surface area contributed by atoms with Gasteiger partial charge in [0.15, 0.2) is 17.0 Å². The summed E-state index contributed by atoms with van der Waals surface area (Å²) in [4.78, 5) is 8.71. The Morgan fingerprint density at radius 2 is 1.86 bits per heavy atom. The molecule has 2 N–H and O–H groups in total. The Morgan fingerprint density at radius 3 is 2.59 bits per heavy atom. The molecule has 0 radical (unpaired) electrons. The highest BCUT2D eigenvalue weighted by Gasteiger charge is 2.36. The first-order valence-corrected chi connectivity index (χ1v) is 9.38. The third kappa shape index (κ3) is 4.62. The molecule has 154 valence electrons. The van der Waals surface area contributed by atoms with Crippen molar-refractivity contribution in [2.45, 2.75) is 12.7 Å². The van der Waals surface area contributed by atoms with Gasteiger partial charge in [-0.05, 0) is 5.56 Å². The van der Waals surface area contributed by atoms with Crippen molar-refractivity contribution in [2.75, 3.05) is 44.7 Å². The van der Waals surface area contributed by atoms with E-state index >= 15 is 0 Å². The molecular weight excluding hydrogens is 387 g/mol. The van der Waals surface area contributed by atoms with Crippen LogP contribution in [-0.2, 0) is 17.5 Å². The van der Waals surface area contributed by atoms with E-state index in [0.717, 1.165) is 25.2 Å². The van der Waals surface area contributed by atoms with Gasteiger partial charge in [-0.3, -0.25) is 0 Å². The lowest BCUT2D eigenvalue weighted by Gasteiger charge is -2.23. The van der Waals surface area contributed by atoms with Gasteiger partial charge < -0.3 is 15.0 Å². The molecule has 8 nitrogen and oxygen atoms in total. The van der Waals surface area contributed by atoms with Crippen molar-refractivity contribution in [3.05, 3.63) is 41.7 Å². The molecule has 0 unspecified atom stereocenters. The van der Waals surface area contributed by atoms with Crippen LogP contribution in [0.25, 0.3) is 11.2 Å². The van der Waals surface area contributed by atoms with Crippen molar-refractivity contribution in [3.8, 4) is 0 Å². The zero-order chi connectivity index (χ0) is 20.3. The molecule has 1 fully saturated rings. The van der Waals surface area contributed by atoms with Crippen molar-refractivity contribution in [1.29, 1.82) is 0 Å². The van der Waals surface area contributed by atoms with Crippen LogP contribution in [0.5, 0.6) is 0 Å². The van der Waals surface area contributed by atoms with Gasteiger partial charge >= 0.3 is 6.18 Å². The second-order valence-corrected chi connectivity index (χ2v) is 6.84. The molecule has 0 aliphatic carbocycles. The maximum Gasteiger partial charge on any atom is 0.451 e. The number of nitrogens with one attached hydrogen (secondary N) is 2. The molecule has 1 saturated heterocycles. The number of ether oxygens (including phenoxy) is 1. The molecule has 0 saturated carbocycles. The van der Waals surface area contributed by atoms with E-state index in [4.69, 9.17) is 4.74 Å². The molecule has 1 aromatic carbocycles. The highest BCUT2D eigenvalue weighted by Crippen LogP contribution is 2.29. The Morgan fingerprint density at radius 1 is 1.10 bits per heavy atom. The molecule has 3 aromatic rings. The fraction of sp³-hybridized carbons (Fsp3) is 0.444. The van der Waals surface area contributed by atoms with Gasteiger partial charge in [-0.25, -0.2) is 14.6 Å². The van der Waals surface area contributed by atoms with Crippen LogP contribution in [-0.4, -0.2) is 64.4 Å². The molecule has 0 spiro atoms. The quantitative estimate of drug-likeness (QED) is 0.622. The second kappa shape index (κ2) is 8.29. The summed E-state index contributed by atoms with van der Waals surface area (Å²) in [6.45, 7) is 4.61. The number of rotatable bonds is 6.